The van der Waals surface area contributed by atoms with Crippen molar-refractivity contribution in [3.05, 3.63) is 29.3 Å². The normalized spacial score (nSPS) is 20.9. The van der Waals surface area contributed by atoms with Crippen molar-refractivity contribution in [1.82, 2.24) is 4.90 Å². The lowest BCUT2D eigenvalue weighted by Crippen LogP contribution is -2.41. The smallest absolute Gasteiger partial charge is 0.253 e. The van der Waals surface area contributed by atoms with E-state index >= 15 is 0 Å². The number of carbonyl (C=O) groups excluding carboxylic acids is 2. The number of carbonyl (C=O) groups is 2. The van der Waals surface area contributed by atoms with Crippen LogP contribution in [-0.2, 0) is 14.6 Å². The van der Waals surface area contributed by atoms with Crippen LogP contribution in [0.15, 0.2) is 18.2 Å². The molecule has 28 heavy (non-hydrogen) atoms. The van der Waals surface area contributed by atoms with Gasteiger partial charge in [0.15, 0.2) is 0 Å². The molecule has 6 nitrogen and oxygen atoms in total. The fraction of sp³-hybridized carbons (Fsp3) is 0.619. The Morgan fingerprint density at radius 2 is 1.86 bits per heavy atom. The van der Waals surface area contributed by atoms with Crippen molar-refractivity contribution in [2.75, 3.05) is 30.4 Å². The first-order valence-electron chi connectivity index (χ1n) is 10.1. The van der Waals surface area contributed by atoms with Crippen molar-refractivity contribution in [3.63, 3.8) is 0 Å². The number of rotatable bonds is 5. The number of nitrogens with zero attached hydrogens (tertiary/aromatic N) is 1. The van der Waals surface area contributed by atoms with Crippen molar-refractivity contribution in [2.24, 2.45) is 11.8 Å². The Morgan fingerprint density at radius 3 is 2.54 bits per heavy atom. The molecule has 0 aromatic heterocycles. The van der Waals surface area contributed by atoms with Gasteiger partial charge in [0.2, 0.25) is 5.91 Å². The molecule has 0 radical (unpaired) electrons. The zero-order valence-corrected chi connectivity index (χ0v) is 17.6. The summed E-state index contributed by atoms with van der Waals surface area (Å²) in [6.07, 6.45) is 6.93. The second kappa shape index (κ2) is 8.64. The summed E-state index contributed by atoms with van der Waals surface area (Å²) >= 11 is 0. The van der Waals surface area contributed by atoms with Gasteiger partial charge in [-0.2, -0.15) is 0 Å². The molecule has 2 fully saturated rings. The highest BCUT2D eigenvalue weighted by Gasteiger charge is 2.27. The Labute approximate surface area is 167 Å². The van der Waals surface area contributed by atoms with E-state index in [0.29, 0.717) is 24.3 Å². The Kier molecular flexibility index (Phi) is 6.43. The average molecular weight is 407 g/mol. The molecule has 154 valence electrons. The topological polar surface area (TPSA) is 83.6 Å². The highest BCUT2D eigenvalue weighted by Crippen LogP contribution is 2.27. The van der Waals surface area contributed by atoms with Gasteiger partial charge in [-0.25, -0.2) is 8.42 Å². The fourth-order valence-corrected chi connectivity index (χ4v) is 5.44. The van der Waals surface area contributed by atoms with Crippen molar-refractivity contribution < 1.29 is 18.0 Å². The lowest BCUT2D eigenvalue weighted by atomic mass is 9.99. The second-order valence-electron chi connectivity index (χ2n) is 8.35. The molecular weight excluding hydrogens is 376 g/mol. The number of hydrogen-bond donors (Lipinski definition) is 1. The van der Waals surface area contributed by atoms with Gasteiger partial charge in [-0.1, -0.05) is 18.9 Å². The molecule has 2 aliphatic rings. The maximum absolute atomic E-state index is 13.0. The summed E-state index contributed by atoms with van der Waals surface area (Å²) in [5, 5.41) is 3.00. The number of hydrogen-bond acceptors (Lipinski definition) is 4. The Bertz CT molecular complexity index is 844. The molecule has 2 amide bonds. The predicted octanol–water partition coefficient (Wildman–Crippen LogP) is 3.02. The minimum Gasteiger partial charge on any atom is -0.338 e. The van der Waals surface area contributed by atoms with E-state index in [2.05, 4.69) is 5.32 Å². The number of piperidine rings is 1. The minimum absolute atomic E-state index is 0.0142. The SMILES string of the molecule is Cc1ccc(C(=O)N2CCCC(CS(C)(=O)=O)C2)cc1NC(=O)C1CCCC1. The Balaban J connectivity index is 1.70. The number of likely N-dealkylation sites (tertiary alicyclic amines) is 1. The van der Waals surface area contributed by atoms with E-state index in [1.807, 2.05) is 13.0 Å². The van der Waals surface area contributed by atoms with Crippen molar-refractivity contribution in [2.45, 2.75) is 45.4 Å². The molecule has 3 rings (SSSR count). The summed E-state index contributed by atoms with van der Waals surface area (Å²) in [7, 11) is -3.06. The molecule has 1 atom stereocenters. The van der Waals surface area contributed by atoms with Gasteiger partial charge < -0.3 is 10.2 Å². The van der Waals surface area contributed by atoms with Crippen molar-refractivity contribution >= 4 is 27.3 Å². The molecule has 1 aliphatic heterocycles. The summed E-state index contributed by atoms with van der Waals surface area (Å²) in [6.45, 7) is 3.02. The van der Waals surface area contributed by atoms with Gasteiger partial charge in [-0.05, 0) is 56.2 Å². The van der Waals surface area contributed by atoms with E-state index in [0.717, 1.165) is 44.1 Å². The van der Waals surface area contributed by atoms with Gasteiger partial charge in [0.25, 0.3) is 5.91 Å². The quantitative estimate of drug-likeness (QED) is 0.815. The van der Waals surface area contributed by atoms with Crippen LogP contribution < -0.4 is 5.32 Å². The van der Waals surface area contributed by atoms with E-state index in [4.69, 9.17) is 0 Å². The molecule has 0 spiro atoms. The van der Waals surface area contributed by atoms with Gasteiger partial charge in [-0.3, -0.25) is 9.59 Å². The van der Waals surface area contributed by atoms with E-state index in [9.17, 15) is 18.0 Å². The van der Waals surface area contributed by atoms with Crippen LogP contribution in [0.25, 0.3) is 0 Å². The third-order valence-electron chi connectivity index (χ3n) is 5.81. The van der Waals surface area contributed by atoms with Crippen LogP contribution in [0.1, 0.15) is 54.4 Å². The molecule has 1 N–H and O–H groups in total. The molecule has 1 saturated carbocycles. The molecule has 7 heteroatoms. The first-order valence-corrected chi connectivity index (χ1v) is 12.2. The molecule has 1 heterocycles. The lowest BCUT2D eigenvalue weighted by molar-refractivity contribution is -0.119. The number of sulfone groups is 1. The first kappa shape index (κ1) is 20.8. The van der Waals surface area contributed by atoms with Crippen LogP contribution in [0, 0.1) is 18.8 Å². The van der Waals surface area contributed by atoms with Gasteiger partial charge >= 0.3 is 0 Å². The molecule has 0 bridgehead atoms. The number of anilines is 1. The van der Waals surface area contributed by atoms with Crippen LogP contribution in [0.2, 0.25) is 0 Å². The third-order valence-corrected chi connectivity index (χ3v) is 6.89. The van der Waals surface area contributed by atoms with E-state index in [1.165, 1.54) is 6.26 Å². The summed E-state index contributed by atoms with van der Waals surface area (Å²) in [4.78, 5) is 27.2. The maximum atomic E-state index is 13.0. The molecule has 1 aromatic rings. The monoisotopic (exact) mass is 406 g/mol. The third kappa shape index (κ3) is 5.34. The molecule has 1 aromatic carbocycles. The van der Waals surface area contributed by atoms with Crippen molar-refractivity contribution in [1.29, 1.82) is 0 Å². The van der Waals surface area contributed by atoms with Crippen LogP contribution in [0.5, 0.6) is 0 Å². The van der Waals surface area contributed by atoms with Gasteiger partial charge in [-0.15, -0.1) is 0 Å². The average Bonchev–Trinajstić information content (AvgIpc) is 3.16. The van der Waals surface area contributed by atoms with E-state index < -0.39 is 9.84 Å². The number of amides is 2. The number of nitrogens with one attached hydrogen (secondary N) is 1. The second-order valence-corrected chi connectivity index (χ2v) is 10.5. The highest BCUT2D eigenvalue weighted by molar-refractivity contribution is 7.90. The van der Waals surface area contributed by atoms with Gasteiger partial charge in [0.1, 0.15) is 9.84 Å². The first-order chi connectivity index (χ1) is 13.2. The maximum Gasteiger partial charge on any atom is 0.253 e. The van der Waals surface area contributed by atoms with Crippen LogP contribution in [0.3, 0.4) is 0 Å². The minimum atomic E-state index is -3.06. The number of benzene rings is 1. The lowest BCUT2D eigenvalue weighted by Gasteiger charge is -2.32. The summed E-state index contributed by atoms with van der Waals surface area (Å²) in [5.41, 5.74) is 2.15. The highest BCUT2D eigenvalue weighted by atomic mass is 32.2. The van der Waals surface area contributed by atoms with E-state index in [-0.39, 0.29) is 29.4 Å². The summed E-state index contributed by atoms with van der Waals surface area (Å²) in [6, 6.07) is 5.39. The number of aryl methyl sites for hydroxylation is 1. The van der Waals surface area contributed by atoms with Crippen LogP contribution in [-0.4, -0.2) is 50.2 Å². The zero-order chi connectivity index (χ0) is 20.3. The van der Waals surface area contributed by atoms with Gasteiger partial charge in [0, 0.05) is 36.5 Å². The fourth-order valence-electron chi connectivity index (χ4n) is 4.31. The Hall–Kier alpha value is -1.89. The van der Waals surface area contributed by atoms with Gasteiger partial charge in [0.05, 0.1) is 5.75 Å². The zero-order valence-electron chi connectivity index (χ0n) is 16.7. The Morgan fingerprint density at radius 1 is 1.14 bits per heavy atom. The van der Waals surface area contributed by atoms with Crippen molar-refractivity contribution in [3.8, 4) is 0 Å². The van der Waals surface area contributed by atoms with Crippen LogP contribution in [0.4, 0.5) is 5.69 Å². The predicted molar refractivity (Wildman–Crippen MR) is 110 cm³/mol. The van der Waals surface area contributed by atoms with Crippen LogP contribution >= 0.6 is 0 Å². The molecule has 1 unspecified atom stereocenters. The molecular formula is C21H30N2O4S. The molecule has 1 aliphatic carbocycles. The standard InChI is InChI=1S/C21H30N2O4S/c1-15-9-10-18(12-19(15)22-20(24)17-7-3-4-8-17)21(25)23-11-5-6-16(13-23)14-28(2,26)27/h9-10,12,16-17H,3-8,11,13-14H2,1-2H3,(H,22,24). The largest absolute Gasteiger partial charge is 0.338 e. The molecule has 1 saturated heterocycles. The van der Waals surface area contributed by atoms with E-state index in [1.54, 1.807) is 17.0 Å². The summed E-state index contributed by atoms with van der Waals surface area (Å²) in [5.74, 6) is 0.108. The summed E-state index contributed by atoms with van der Waals surface area (Å²) < 4.78 is 23.2.